The second-order valence-electron chi connectivity index (χ2n) is 20.1. The van der Waals surface area contributed by atoms with Gasteiger partial charge in [0.2, 0.25) is 12.3 Å². The minimum atomic E-state index is -5.30. The van der Waals surface area contributed by atoms with Crippen molar-refractivity contribution in [3.63, 3.8) is 0 Å². The molecule has 4 amide bonds. The lowest BCUT2D eigenvalue weighted by Crippen LogP contribution is -2.49. The number of phosphoric ester groups is 1. The minimum Gasteiger partial charge on any atom is -0.455 e. The Morgan fingerprint density at radius 2 is 1.63 bits per heavy atom. The van der Waals surface area contributed by atoms with Gasteiger partial charge in [-0.2, -0.15) is 19.2 Å². The Labute approximate surface area is 446 Å². The van der Waals surface area contributed by atoms with Crippen LogP contribution in [-0.2, 0) is 56.2 Å². The van der Waals surface area contributed by atoms with Gasteiger partial charge in [0.1, 0.15) is 78.2 Å². The van der Waals surface area contributed by atoms with E-state index in [1.807, 2.05) is 20.8 Å². The molecule has 0 bridgehead atoms. The molecule has 428 valence electrons. The lowest BCUT2D eigenvalue weighted by molar-refractivity contribution is -0.159. The first-order valence-corrected chi connectivity index (χ1v) is 28.8. The first-order chi connectivity index (χ1) is 35.1. The van der Waals surface area contributed by atoms with Crippen LogP contribution in [0.15, 0.2) is 24.9 Å². The average molecular weight is 1160 g/mol. The minimum absolute atomic E-state index is 0.0305. The number of phosphoric acid groups is 1. The number of rotatable bonds is 26. The van der Waals surface area contributed by atoms with Crippen molar-refractivity contribution in [1.29, 1.82) is 5.41 Å². The number of imidazole rings is 1. The number of nitrogens with zero attached hydrogens (tertiary/aromatic N) is 5. The van der Waals surface area contributed by atoms with Crippen LogP contribution in [0.25, 0.3) is 11.2 Å². The Kier molecular flexibility index (Phi) is 23.0. The van der Waals surface area contributed by atoms with E-state index in [4.69, 9.17) is 49.6 Å². The fourth-order valence-corrected chi connectivity index (χ4v) is 10.7. The molecule has 0 radical (unpaired) electrons. The van der Waals surface area contributed by atoms with Crippen LogP contribution in [0.1, 0.15) is 94.2 Å². The molecule has 0 saturated carbocycles. The summed E-state index contributed by atoms with van der Waals surface area (Å²) < 4.78 is 58.6. The number of esters is 1. The Hall–Kier alpha value is -4.53. The van der Waals surface area contributed by atoms with Crippen LogP contribution < -0.4 is 27.4 Å². The SMILES string of the molecule is CC(C)(C)OC(=O)N[C@@H](CSSC(C)(C)C)C(=O)NCCCC[C@H](NC(=O)OC(C)(C)C)C(=O)O[C@H]1[C@@H](O)[C@H](n2cnc3c(N)ncnc32)O[C@@H]1COP(=O)(O)O[C@H]1C[C@H](N(C=O)/C=C\C(=N)N)O[C@@H]1CO[P+](O)(O)O. The van der Waals surface area contributed by atoms with E-state index in [9.17, 15) is 53.2 Å². The number of hydrogen-bond donors (Lipinski definition) is 11. The van der Waals surface area contributed by atoms with Gasteiger partial charge in [-0.1, -0.05) is 42.4 Å². The van der Waals surface area contributed by atoms with Crippen molar-refractivity contribution >= 4 is 90.9 Å². The van der Waals surface area contributed by atoms with Gasteiger partial charge < -0.3 is 61.1 Å². The largest absolute Gasteiger partial charge is 0.567 e. The number of fused-ring (bicyclic) bond motifs is 1. The lowest BCUT2D eigenvalue weighted by Gasteiger charge is -2.26. The van der Waals surface area contributed by atoms with Crippen molar-refractivity contribution < 1.29 is 90.5 Å². The zero-order chi connectivity index (χ0) is 57.0. The molecule has 2 fully saturated rings. The number of nitrogen functional groups attached to an aromatic ring is 1. The molecule has 0 aliphatic carbocycles. The second-order valence-corrected chi connectivity index (χ2v) is 26.0. The van der Waals surface area contributed by atoms with Gasteiger partial charge in [0.25, 0.3) is 0 Å². The number of unbranched alkanes of at least 4 members (excludes halogenated alkanes) is 1. The van der Waals surface area contributed by atoms with Crippen molar-refractivity contribution in [2.24, 2.45) is 5.73 Å². The number of nitrogens with one attached hydrogen (secondary N) is 4. The van der Waals surface area contributed by atoms with Gasteiger partial charge in [0.15, 0.2) is 23.8 Å². The fraction of sp³-hybridized carbons (Fsp3) is 0.690. The average Bonchev–Trinajstić information content (AvgIpc) is 3.97. The predicted molar refractivity (Wildman–Crippen MR) is 275 cm³/mol. The molecule has 2 saturated heterocycles. The molecular weight excluding hydrogens is 1090 g/mol. The molecule has 13 N–H and O–H groups in total. The summed E-state index contributed by atoms with van der Waals surface area (Å²) in [7, 11) is -7.26. The number of carbonyl (C=O) groups excluding carboxylic acids is 5. The number of carbonyl (C=O) groups is 5. The van der Waals surface area contributed by atoms with E-state index in [-0.39, 0.29) is 59.7 Å². The highest BCUT2D eigenvalue weighted by Crippen LogP contribution is 2.50. The second kappa shape index (κ2) is 27.4. The Balaban J connectivity index is 1.55. The summed E-state index contributed by atoms with van der Waals surface area (Å²) in [6.07, 6.45) is -8.12. The molecule has 2 aliphatic rings. The van der Waals surface area contributed by atoms with E-state index in [1.165, 1.54) is 32.5 Å². The third-order valence-electron chi connectivity index (χ3n) is 10.1. The number of alkyl carbamates (subject to hydrolysis) is 2. The molecular formula is C42H70N11O19P2S2+. The standard InChI is InChI=1S/C42H69N11O19P2S2/c1-40(2,3)70-38(58)50-23(12-10-11-14-46-35(56)24(19-75-76-42(7,8)9)51-39(59)71-41(4,5)6)37(57)69-32-27(68-36(31(32)55)53-21-49-30-33(45)47-20-48-34(30)53)18-66-74(63,64)72-25-16-29(52(22-54)15-13-28(43)44)67-26(25)17-65-73(60,61)62/h13,15,20-27,29,31-32,36,55,60-62H,10-12,14,16-19H2,1-9H3,(H8-,43,44,45,46,47,48,50,51,56,58,59,63,64)/p+1/b15-13-/t23-,24-,25-,26+,27+,29+,31+,32+,36+/m0/s1. The fourth-order valence-electron chi connectivity index (χ4n) is 6.97. The normalized spacial score (nSPS) is 22.8. The van der Waals surface area contributed by atoms with E-state index in [0.29, 0.717) is 0 Å². The van der Waals surface area contributed by atoms with Gasteiger partial charge >= 0.3 is 34.1 Å². The quantitative estimate of drug-likeness (QED) is 0.00938. The Morgan fingerprint density at radius 1 is 0.987 bits per heavy atom. The topological polar surface area (TPSA) is 436 Å². The number of nitrogens with two attached hydrogens (primary N) is 2. The number of aliphatic hydroxyl groups excluding tert-OH is 1. The number of anilines is 1. The van der Waals surface area contributed by atoms with Gasteiger partial charge in [-0.25, -0.2) is 33.9 Å². The van der Waals surface area contributed by atoms with E-state index in [0.717, 1.165) is 23.5 Å². The molecule has 4 rings (SSSR count). The molecule has 2 aromatic rings. The summed E-state index contributed by atoms with van der Waals surface area (Å²) in [5.41, 5.74) is 9.69. The van der Waals surface area contributed by atoms with Crippen LogP contribution >= 0.6 is 37.6 Å². The van der Waals surface area contributed by atoms with E-state index in [1.54, 1.807) is 41.5 Å². The summed E-state index contributed by atoms with van der Waals surface area (Å²) in [5, 5.41) is 27.2. The number of amides is 4. The molecule has 2 aromatic heterocycles. The summed E-state index contributed by atoms with van der Waals surface area (Å²) >= 11 is 0. The van der Waals surface area contributed by atoms with Crippen LogP contribution in [0.3, 0.4) is 0 Å². The first kappa shape index (κ1) is 64.0. The highest BCUT2D eigenvalue weighted by Gasteiger charge is 2.51. The molecule has 30 nitrogen and oxygen atoms in total. The van der Waals surface area contributed by atoms with Crippen LogP contribution in [-0.4, -0.2) is 176 Å². The number of aromatic nitrogens is 4. The van der Waals surface area contributed by atoms with Gasteiger partial charge in [-0.05, 0) is 66.9 Å². The first-order valence-electron chi connectivity index (χ1n) is 23.5. The molecule has 1 unspecified atom stereocenters. The van der Waals surface area contributed by atoms with Gasteiger partial charge in [-0.3, -0.25) is 33.5 Å². The summed E-state index contributed by atoms with van der Waals surface area (Å²) in [6, 6.07) is -2.44. The van der Waals surface area contributed by atoms with Gasteiger partial charge in [0, 0.05) is 29.7 Å². The van der Waals surface area contributed by atoms with Crippen molar-refractivity contribution in [1.82, 2.24) is 40.4 Å². The van der Waals surface area contributed by atoms with Crippen LogP contribution in [0, 0.1) is 5.41 Å². The molecule has 4 heterocycles. The van der Waals surface area contributed by atoms with Crippen molar-refractivity contribution in [2.75, 3.05) is 31.2 Å². The van der Waals surface area contributed by atoms with E-state index in [2.05, 4.69) is 35.4 Å². The maximum atomic E-state index is 14.2. The predicted octanol–water partition coefficient (Wildman–Crippen LogP) is 2.03. The van der Waals surface area contributed by atoms with E-state index < -0.39 is 132 Å². The van der Waals surface area contributed by atoms with Crippen molar-refractivity contribution in [3.8, 4) is 0 Å². The van der Waals surface area contributed by atoms with Gasteiger partial charge in [0.05, 0.1) is 12.9 Å². The maximum absolute atomic E-state index is 14.2. The molecule has 76 heavy (non-hydrogen) atoms. The van der Waals surface area contributed by atoms with Crippen LogP contribution in [0.5, 0.6) is 0 Å². The maximum Gasteiger partial charge on any atom is 0.567 e. The van der Waals surface area contributed by atoms with Crippen molar-refractivity contribution in [2.45, 2.75) is 159 Å². The highest BCUT2D eigenvalue weighted by atomic mass is 33.1. The summed E-state index contributed by atoms with van der Waals surface area (Å²) in [4.78, 5) is 118. The monoisotopic (exact) mass is 1160 g/mol. The molecule has 0 spiro atoms. The van der Waals surface area contributed by atoms with Gasteiger partial charge in [-0.15, -0.1) is 0 Å². The molecule has 10 atom stereocenters. The van der Waals surface area contributed by atoms with Crippen LogP contribution in [0.2, 0.25) is 0 Å². The van der Waals surface area contributed by atoms with E-state index >= 15 is 0 Å². The zero-order valence-electron chi connectivity index (χ0n) is 43.3. The smallest absolute Gasteiger partial charge is 0.455 e. The molecule has 34 heteroatoms. The number of hydrogen-bond acceptors (Lipinski definition) is 25. The molecule has 0 aromatic carbocycles. The summed E-state index contributed by atoms with van der Waals surface area (Å²) in [5.74, 6) is -1.88. The third-order valence-corrected chi connectivity index (χ3v) is 15.0. The number of aliphatic hydroxyl groups is 1. The number of amidine groups is 1. The van der Waals surface area contributed by atoms with Crippen LogP contribution in [0.4, 0.5) is 15.4 Å². The Bertz CT molecular complexity index is 2400. The highest BCUT2D eigenvalue weighted by molar-refractivity contribution is 8.77. The Morgan fingerprint density at radius 3 is 2.22 bits per heavy atom. The summed E-state index contributed by atoms with van der Waals surface area (Å²) in [6.45, 7) is 14.1. The number of ether oxygens (including phenoxy) is 5. The van der Waals surface area contributed by atoms with Crippen molar-refractivity contribution in [3.05, 3.63) is 24.9 Å². The molecule has 2 aliphatic heterocycles. The lowest BCUT2D eigenvalue weighted by atomic mass is 10.1. The third kappa shape index (κ3) is 21.4. The zero-order valence-corrected chi connectivity index (χ0v) is 46.7.